The third-order valence-electron chi connectivity index (χ3n) is 2.08. The molecule has 90 valence electrons. The van der Waals surface area contributed by atoms with Gasteiger partial charge in [-0.15, -0.1) is 0 Å². The first-order valence-corrected chi connectivity index (χ1v) is 5.38. The van der Waals surface area contributed by atoms with Gasteiger partial charge in [0.25, 0.3) is 0 Å². The molecule has 0 radical (unpaired) electrons. The predicted molar refractivity (Wildman–Crippen MR) is 66.3 cm³/mol. The summed E-state index contributed by atoms with van der Waals surface area (Å²) >= 11 is 0. The van der Waals surface area contributed by atoms with E-state index in [2.05, 4.69) is 41.5 Å². The molecule has 2 N–H and O–H groups in total. The smallest absolute Gasteiger partial charge is 0.191 e. The minimum absolute atomic E-state index is 0.00824. The lowest BCUT2D eigenvalue weighted by molar-refractivity contribution is 0.500. The molecule has 0 spiro atoms. The predicted octanol–water partition coefficient (Wildman–Crippen LogP) is 0.884. The highest BCUT2D eigenvalue weighted by molar-refractivity contribution is 5.80. The highest BCUT2D eigenvalue weighted by Gasteiger charge is 2.11. The third-order valence-corrected chi connectivity index (χ3v) is 2.08. The van der Waals surface area contributed by atoms with E-state index >= 15 is 0 Å². The van der Waals surface area contributed by atoms with E-state index in [9.17, 15) is 0 Å². The van der Waals surface area contributed by atoms with Gasteiger partial charge >= 0.3 is 0 Å². The van der Waals surface area contributed by atoms with Crippen LogP contribution in [0.25, 0.3) is 0 Å². The first kappa shape index (κ1) is 12.5. The summed E-state index contributed by atoms with van der Waals surface area (Å²) < 4.78 is 1.84. The molecule has 0 aliphatic rings. The normalized spacial score (nSPS) is 12.7. The van der Waals surface area contributed by atoms with Crippen LogP contribution in [0.15, 0.2) is 17.3 Å². The van der Waals surface area contributed by atoms with Crippen molar-refractivity contribution in [3.63, 3.8) is 0 Å². The molecule has 0 aliphatic heterocycles. The molecular weight excluding hydrogens is 202 g/mol. The van der Waals surface area contributed by atoms with Crippen molar-refractivity contribution < 1.29 is 0 Å². The second-order valence-corrected chi connectivity index (χ2v) is 4.75. The van der Waals surface area contributed by atoms with Crippen LogP contribution in [0.3, 0.4) is 0 Å². The van der Waals surface area contributed by atoms with Crippen LogP contribution in [0.5, 0.6) is 0 Å². The van der Waals surface area contributed by atoms with Gasteiger partial charge in [-0.05, 0) is 26.8 Å². The average Bonchev–Trinajstić information content (AvgIpc) is 2.57. The largest absolute Gasteiger partial charge is 0.352 e. The van der Waals surface area contributed by atoms with Crippen LogP contribution in [0.2, 0.25) is 0 Å². The summed E-state index contributed by atoms with van der Waals surface area (Å²) in [5, 5.41) is 10.7. The lowest BCUT2D eigenvalue weighted by Gasteiger charge is -2.23. The van der Waals surface area contributed by atoms with Crippen molar-refractivity contribution >= 4 is 5.96 Å². The molecule has 0 unspecified atom stereocenters. The van der Waals surface area contributed by atoms with Gasteiger partial charge in [-0.2, -0.15) is 5.10 Å². The summed E-state index contributed by atoms with van der Waals surface area (Å²) in [5.74, 6) is 0.800. The van der Waals surface area contributed by atoms with Crippen LogP contribution in [0, 0.1) is 0 Å². The molecule has 0 atom stereocenters. The maximum absolute atomic E-state index is 4.17. The van der Waals surface area contributed by atoms with Crippen LogP contribution in [0.4, 0.5) is 0 Å². The zero-order valence-corrected chi connectivity index (χ0v) is 10.7. The molecule has 0 saturated carbocycles. The second-order valence-electron chi connectivity index (χ2n) is 4.75. The summed E-state index contributed by atoms with van der Waals surface area (Å²) in [6, 6.07) is 1.98. The minimum Gasteiger partial charge on any atom is -0.352 e. The molecule has 0 saturated heterocycles. The average molecular weight is 223 g/mol. The Balaban J connectivity index is 2.51. The molecule has 0 bridgehead atoms. The number of nitrogens with zero attached hydrogens (tertiary/aromatic N) is 3. The van der Waals surface area contributed by atoms with Gasteiger partial charge in [0.05, 0.1) is 12.2 Å². The van der Waals surface area contributed by atoms with E-state index in [1.165, 1.54) is 0 Å². The standard InChI is InChI=1S/C11H21N5/c1-11(2,3)15-10(12-4)13-8-9-6-7-14-16(9)5/h6-7H,8H2,1-5H3,(H2,12,13,15). The second kappa shape index (κ2) is 5.01. The van der Waals surface area contributed by atoms with Crippen molar-refractivity contribution in [3.8, 4) is 0 Å². The van der Waals surface area contributed by atoms with E-state index in [-0.39, 0.29) is 5.54 Å². The van der Waals surface area contributed by atoms with Gasteiger partial charge in [0.1, 0.15) is 0 Å². The summed E-state index contributed by atoms with van der Waals surface area (Å²) in [5.41, 5.74) is 1.13. The SMILES string of the molecule is CN=C(NCc1ccnn1C)NC(C)(C)C. The van der Waals surface area contributed by atoms with Gasteiger partial charge < -0.3 is 10.6 Å². The molecule has 0 aromatic carbocycles. The number of aryl methyl sites for hydroxylation is 1. The Morgan fingerprint density at radius 2 is 2.19 bits per heavy atom. The van der Waals surface area contributed by atoms with Crippen molar-refractivity contribution in [2.24, 2.45) is 12.0 Å². The monoisotopic (exact) mass is 223 g/mol. The fourth-order valence-corrected chi connectivity index (χ4v) is 1.28. The topological polar surface area (TPSA) is 54.2 Å². The molecule has 5 nitrogen and oxygen atoms in total. The Bertz CT molecular complexity index is 359. The molecule has 1 aromatic rings. The van der Waals surface area contributed by atoms with Crippen LogP contribution in [-0.2, 0) is 13.6 Å². The van der Waals surface area contributed by atoms with Gasteiger partial charge in [-0.1, -0.05) is 0 Å². The molecule has 1 rings (SSSR count). The molecule has 1 heterocycles. The van der Waals surface area contributed by atoms with Crippen molar-refractivity contribution in [3.05, 3.63) is 18.0 Å². The van der Waals surface area contributed by atoms with Gasteiger partial charge in [0.15, 0.2) is 5.96 Å². The van der Waals surface area contributed by atoms with E-state index in [1.54, 1.807) is 13.2 Å². The summed E-state index contributed by atoms with van der Waals surface area (Å²) in [4.78, 5) is 4.17. The maximum atomic E-state index is 4.17. The Hall–Kier alpha value is -1.52. The number of hydrogen-bond acceptors (Lipinski definition) is 2. The third kappa shape index (κ3) is 3.92. The number of rotatable bonds is 2. The number of guanidine groups is 1. The zero-order chi connectivity index (χ0) is 12.2. The van der Waals surface area contributed by atoms with Crippen molar-refractivity contribution in [2.75, 3.05) is 7.05 Å². The molecule has 16 heavy (non-hydrogen) atoms. The Morgan fingerprint density at radius 3 is 2.62 bits per heavy atom. The van der Waals surface area contributed by atoms with Crippen molar-refractivity contribution in [1.29, 1.82) is 0 Å². The first-order valence-electron chi connectivity index (χ1n) is 5.38. The van der Waals surface area contributed by atoms with Crippen molar-refractivity contribution in [2.45, 2.75) is 32.9 Å². The van der Waals surface area contributed by atoms with Crippen LogP contribution in [0.1, 0.15) is 26.5 Å². The van der Waals surface area contributed by atoms with E-state index < -0.39 is 0 Å². The number of hydrogen-bond donors (Lipinski definition) is 2. The van der Waals surface area contributed by atoms with Gasteiger partial charge in [0.2, 0.25) is 0 Å². The molecule has 0 aliphatic carbocycles. The molecule has 0 amide bonds. The zero-order valence-electron chi connectivity index (χ0n) is 10.7. The lowest BCUT2D eigenvalue weighted by Crippen LogP contribution is -2.47. The molecule has 0 fully saturated rings. The van der Waals surface area contributed by atoms with E-state index in [4.69, 9.17) is 0 Å². The van der Waals surface area contributed by atoms with E-state index in [0.29, 0.717) is 6.54 Å². The lowest BCUT2D eigenvalue weighted by atomic mass is 10.1. The van der Waals surface area contributed by atoms with E-state index in [1.807, 2.05) is 17.8 Å². The molecule has 1 aromatic heterocycles. The van der Waals surface area contributed by atoms with Gasteiger partial charge in [-0.25, -0.2) is 0 Å². The fourth-order valence-electron chi connectivity index (χ4n) is 1.28. The highest BCUT2D eigenvalue weighted by Crippen LogP contribution is 1.99. The number of nitrogens with one attached hydrogen (secondary N) is 2. The fraction of sp³-hybridized carbons (Fsp3) is 0.636. The van der Waals surface area contributed by atoms with E-state index in [0.717, 1.165) is 11.7 Å². The van der Waals surface area contributed by atoms with Gasteiger partial charge in [-0.3, -0.25) is 9.67 Å². The first-order chi connectivity index (χ1) is 7.42. The Morgan fingerprint density at radius 1 is 1.50 bits per heavy atom. The van der Waals surface area contributed by atoms with Crippen LogP contribution in [-0.4, -0.2) is 28.3 Å². The highest BCUT2D eigenvalue weighted by atomic mass is 15.3. The summed E-state index contributed by atoms with van der Waals surface area (Å²) in [6.45, 7) is 7.02. The van der Waals surface area contributed by atoms with Crippen LogP contribution < -0.4 is 10.6 Å². The van der Waals surface area contributed by atoms with Crippen molar-refractivity contribution in [1.82, 2.24) is 20.4 Å². The quantitative estimate of drug-likeness (QED) is 0.578. The summed E-state index contributed by atoms with van der Waals surface area (Å²) in [7, 11) is 3.70. The Kier molecular flexibility index (Phi) is 3.93. The van der Waals surface area contributed by atoms with Gasteiger partial charge in [0, 0.05) is 25.8 Å². The molecule has 5 heteroatoms. The maximum Gasteiger partial charge on any atom is 0.191 e. The van der Waals surface area contributed by atoms with Crippen LogP contribution >= 0.6 is 0 Å². The summed E-state index contributed by atoms with van der Waals surface area (Å²) in [6.07, 6.45) is 1.79. The number of aromatic nitrogens is 2. The Labute approximate surface area is 97.0 Å². The molecular formula is C11H21N5. The number of aliphatic imine (C=N–C) groups is 1. The minimum atomic E-state index is 0.00824.